The quantitative estimate of drug-likeness (QED) is 0.739. The van der Waals surface area contributed by atoms with E-state index in [4.69, 9.17) is 9.47 Å². The van der Waals surface area contributed by atoms with E-state index in [9.17, 15) is 13.2 Å². The number of carbonyl (C=O) groups excluding carboxylic acids is 1. The van der Waals surface area contributed by atoms with Crippen LogP contribution in [0.15, 0.2) is 41.3 Å². The summed E-state index contributed by atoms with van der Waals surface area (Å²) >= 11 is 0. The monoisotopic (exact) mass is 405 g/mol. The third-order valence-electron chi connectivity index (χ3n) is 4.85. The molecule has 3 rings (SSSR count). The van der Waals surface area contributed by atoms with Crippen LogP contribution in [0.1, 0.15) is 11.1 Å². The molecule has 0 bridgehead atoms. The summed E-state index contributed by atoms with van der Waals surface area (Å²) in [5.41, 5.74) is 2.84. The third kappa shape index (κ3) is 4.63. The number of anilines is 1. The normalized spacial score (nSPS) is 16.2. The van der Waals surface area contributed by atoms with Crippen LogP contribution in [0.25, 0.3) is 0 Å². The van der Waals surface area contributed by atoms with Crippen LogP contribution in [-0.4, -0.2) is 47.9 Å². The second-order valence-corrected chi connectivity index (χ2v) is 8.94. The van der Waals surface area contributed by atoms with Crippen molar-refractivity contribution in [3.05, 3.63) is 47.5 Å². The van der Waals surface area contributed by atoms with E-state index < -0.39 is 9.84 Å². The van der Waals surface area contributed by atoms with Crippen molar-refractivity contribution in [3.8, 4) is 11.5 Å². The maximum atomic E-state index is 12.5. The Bertz CT molecular complexity index is 988. The fourth-order valence-corrected chi connectivity index (χ4v) is 4.08. The maximum absolute atomic E-state index is 12.5. The lowest BCUT2D eigenvalue weighted by Gasteiger charge is -2.26. The zero-order valence-corrected chi connectivity index (χ0v) is 17.1. The van der Waals surface area contributed by atoms with Crippen molar-refractivity contribution in [2.75, 3.05) is 38.9 Å². The molecule has 1 heterocycles. The molecule has 28 heavy (non-hydrogen) atoms. The van der Waals surface area contributed by atoms with Gasteiger partial charge in [0.2, 0.25) is 0 Å². The van der Waals surface area contributed by atoms with Crippen molar-refractivity contribution >= 4 is 21.4 Å². The molecule has 1 aliphatic heterocycles. The number of hydrogen-bond donors (Lipinski definition) is 2. The number of carbonyl (C=O) groups is 1. The Morgan fingerprint density at radius 3 is 2.43 bits per heavy atom. The summed E-state index contributed by atoms with van der Waals surface area (Å²) in [4.78, 5) is 13.8. The molecule has 8 heteroatoms. The van der Waals surface area contributed by atoms with Gasteiger partial charge in [0.1, 0.15) is 6.54 Å². The first-order valence-electron chi connectivity index (χ1n) is 8.97. The lowest BCUT2D eigenvalue weighted by molar-refractivity contribution is -0.907. The molecular weight excluding hydrogens is 380 g/mol. The van der Waals surface area contributed by atoms with E-state index >= 15 is 0 Å². The summed E-state index contributed by atoms with van der Waals surface area (Å²) in [6.45, 7) is 1.85. The van der Waals surface area contributed by atoms with Gasteiger partial charge in [0.15, 0.2) is 27.9 Å². The summed E-state index contributed by atoms with van der Waals surface area (Å²) in [7, 11) is -0.0871. The molecule has 1 atom stereocenters. The van der Waals surface area contributed by atoms with Gasteiger partial charge in [-0.2, -0.15) is 0 Å². The van der Waals surface area contributed by atoms with E-state index in [2.05, 4.69) is 5.32 Å². The second-order valence-electron chi connectivity index (χ2n) is 6.93. The van der Waals surface area contributed by atoms with E-state index in [1.54, 1.807) is 26.4 Å². The number of ether oxygens (including phenoxy) is 2. The lowest BCUT2D eigenvalue weighted by Crippen LogP contribution is -3.12. The zero-order valence-electron chi connectivity index (χ0n) is 16.2. The van der Waals surface area contributed by atoms with E-state index in [0.717, 1.165) is 29.7 Å². The lowest BCUT2D eigenvalue weighted by atomic mass is 9.99. The highest BCUT2D eigenvalue weighted by Gasteiger charge is 2.24. The van der Waals surface area contributed by atoms with Gasteiger partial charge in [-0.25, -0.2) is 8.42 Å². The molecule has 0 spiro atoms. The minimum atomic E-state index is -3.31. The van der Waals surface area contributed by atoms with Gasteiger partial charge >= 0.3 is 0 Å². The summed E-state index contributed by atoms with van der Waals surface area (Å²) in [6, 6.07) is 10.3. The van der Waals surface area contributed by atoms with E-state index in [1.807, 2.05) is 12.1 Å². The van der Waals surface area contributed by atoms with Crippen molar-refractivity contribution in [2.45, 2.75) is 17.9 Å². The van der Waals surface area contributed by atoms with Gasteiger partial charge in [-0.05, 0) is 35.9 Å². The molecule has 0 radical (unpaired) electrons. The van der Waals surface area contributed by atoms with Gasteiger partial charge in [0.05, 0.1) is 25.7 Å². The highest BCUT2D eigenvalue weighted by molar-refractivity contribution is 7.90. The van der Waals surface area contributed by atoms with Crippen LogP contribution >= 0.6 is 0 Å². The van der Waals surface area contributed by atoms with Crippen molar-refractivity contribution in [2.24, 2.45) is 0 Å². The Kier molecular flexibility index (Phi) is 5.90. The molecule has 0 saturated heterocycles. The molecule has 1 aliphatic rings. The fraction of sp³-hybridized carbons (Fsp3) is 0.350. The molecule has 0 fully saturated rings. The smallest absolute Gasteiger partial charge is 0.279 e. The van der Waals surface area contributed by atoms with Crippen LogP contribution in [0.3, 0.4) is 0 Å². The molecular formula is C20H25N2O5S+. The Morgan fingerprint density at radius 1 is 1.11 bits per heavy atom. The molecule has 1 unspecified atom stereocenters. The molecule has 0 aromatic heterocycles. The molecule has 0 saturated carbocycles. The van der Waals surface area contributed by atoms with Crippen molar-refractivity contribution in [1.82, 2.24) is 0 Å². The average Bonchev–Trinajstić information content (AvgIpc) is 2.66. The third-order valence-corrected chi connectivity index (χ3v) is 5.96. The number of methoxy groups -OCH3 is 2. The predicted octanol–water partition coefficient (Wildman–Crippen LogP) is 0.687. The van der Waals surface area contributed by atoms with Crippen LogP contribution in [0.5, 0.6) is 11.5 Å². The van der Waals surface area contributed by atoms with Gasteiger partial charge in [-0.15, -0.1) is 0 Å². The number of nitrogens with one attached hydrogen (secondary N) is 2. The SMILES string of the molecule is COc1cc2c(cc1OC)C[NH+](CC(=O)Nc1cccc(S(C)(=O)=O)c1)CC2. The number of quaternary nitrogens is 1. The van der Waals surface area contributed by atoms with Gasteiger partial charge in [-0.3, -0.25) is 4.79 Å². The second kappa shape index (κ2) is 8.20. The number of fused-ring (bicyclic) bond motifs is 1. The van der Waals surface area contributed by atoms with Crippen LogP contribution in [0, 0.1) is 0 Å². The van der Waals surface area contributed by atoms with Crippen LogP contribution in [-0.2, 0) is 27.6 Å². The Balaban J connectivity index is 1.66. The minimum Gasteiger partial charge on any atom is -0.493 e. The van der Waals surface area contributed by atoms with Gasteiger partial charge in [0.25, 0.3) is 5.91 Å². The van der Waals surface area contributed by atoms with Gasteiger partial charge < -0.3 is 19.7 Å². The topological polar surface area (TPSA) is 86.1 Å². The van der Waals surface area contributed by atoms with Crippen molar-refractivity contribution in [1.29, 1.82) is 0 Å². The average molecular weight is 405 g/mol. The van der Waals surface area contributed by atoms with Gasteiger partial charge in [0, 0.05) is 23.9 Å². The molecule has 2 N–H and O–H groups in total. The van der Waals surface area contributed by atoms with E-state index in [1.165, 1.54) is 17.7 Å². The minimum absolute atomic E-state index is 0.149. The summed E-state index contributed by atoms with van der Waals surface area (Å²) in [6.07, 6.45) is 1.99. The Hall–Kier alpha value is -2.58. The Labute approximate surface area is 165 Å². The fourth-order valence-electron chi connectivity index (χ4n) is 3.42. The molecule has 0 aliphatic carbocycles. The highest BCUT2D eigenvalue weighted by atomic mass is 32.2. The molecule has 1 amide bonds. The first kappa shape index (κ1) is 20.2. The summed E-state index contributed by atoms with van der Waals surface area (Å²) in [5.74, 6) is 1.25. The van der Waals surface area contributed by atoms with Gasteiger partial charge in [-0.1, -0.05) is 6.07 Å². The largest absolute Gasteiger partial charge is 0.493 e. The first-order chi connectivity index (χ1) is 13.3. The standard InChI is InChI=1S/C20H24N2O5S/c1-26-18-9-14-7-8-22(12-15(14)10-19(18)27-2)13-20(23)21-16-5-4-6-17(11-16)28(3,24)25/h4-6,9-11H,7-8,12-13H2,1-3H3,(H,21,23)/p+1. The highest BCUT2D eigenvalue weighted by Crippen LogP contribution is 2.31. The van der Waals surface area contributed by atoms with Crippen LogP contribution in [0.2, 0.25) is 0 Å². The van der Waals surface area contributed by atoms with Crippen LogP contribution in [0.4, 0.5) is 5.69 Å². The van der Waals surface area contributed by atoms with E-state index in [0.29, 0.717) is 30.3 Å². The Morgan fingerprint density at radius 2 is 1.79 bits per heavy atom. The number of amides is 1. The zero-order chi connectivity index (χ0) is 20.3. The molecule has 150 valence electrons. The summed E-state index contributed by atoms with van der Waals surface area (Å²) < 4.78 is 34.1. The molecule has 2 aromatic carbocycles. The first-order valence-corrected chi connectivity index (χ1v) is 10.9. The van der Waals surface area contributed by atoms with E-state index in [-0.39, 0.29) is 10.8 Å². The maximum Gasteiger partial charge on any atom is 0.279 e. The predicted molar refractivity (Wildman–Crippen MR) is 106 cm³/mol. The number of benzene rings is 2. The number of sulfone groups is 1. The van der Waals surface area contributed by atoms with Crippen molar-refractivity contribution < 1.29 is 27.6 Å². The number of hydrogen-bond acceptors (Lipinski definition) is 5. The number of rotatable bonds is 6. The van der Waals surface area contributed by atoms with Crippen LogP contribution < -0.4 is 19.7 Å². The van der Waals surface area contributed by atoms with Crippen molar-refractivity contribution in [3.63, 3.8) is 0 Å². The molecule has 7 nitrogen and oxygen atoms in total. The summed E-state index contributed by atoms with van der Waals surface area (Å²) in [5, 5.41) is 2.80. The molecule has 2 aromatic rings.